The molecule has 5 nitrogen and oxygen atoms in total. The zero-order valence-electron chi connectivity index (χ0n) is 18.3. The van der Waals surface area contributed by atoms with Gasteiger partial charge in [0.05, 0.1) is 13.2 Å². The Labute approximate surface area is 180 Å². The van der Waals surface area contributed by atoms with Gasteiger partial charge in [0.25, 0.3) is 0 Å². The fourth-order valence-electron chi connectivity index (χ4n) is 4.64. The van der Waals surface area contributed by atoms with Crippen LogP contribution in [0.2, 0.25) is 0 Å². The summed E-state index contributed by atoms with van der Waals surface area (Å²) in [6.45, 7) is 9.36. The maximum absolute atomic E-state index is 6.74. The molecule has 0 atom stereocenters. The molecule has 30 heavy (non-hydrogen) atoms. The summed E-state index contributed by atoms with van der Waals surface area (Å²) in [5.41, 5.74) is 2.43. The Morgan fingerprint density at radius 2 is 1.87 bits per heavy atom. The van der Waals surface area contributed by atoms with Crippen molar-refractivity contribution in [3.05, 3.63) is 59.7 Å². The highest BCUT2D eigenvalue weighted by atomic mass is 16.5. The van der Waals surface area contributed by atoms with Crippen molar-refractivity contribution >= 4 is 0 Å². The van der Waals surface area contributed by atoms with Crippen molar-refractivity contribution < 1.29 is 14.2 Å². The van der Waals surface area contributed by atoms with Crippen LogP contribution in [0.25, 0.3) is 0 Å². The van der Waals surface area contributed by atoms with Crippen molar-refractivity contribution in [3.8, 4) is 11.5 Å². The van der Waals surface area contributed by atoms with Gasteiger partial charge < -0.3 is 19.1 Å². The number of methoxy groups -OCH3 is 1. The minimum atomic E-state index is -0.131. The molecule has 162 valence electrons. The van der Waals surface area contributed by atoms with Crippen molar-refractivity contribution in [1.29, 1.82) is 0 Å². The van der Waals surface area contributed by atoms with Gasteiger partial charge in [0, 0.05) is 64.8 Å². The van der Waals surface area contributed by atoms with E-state index >= 15 is 0 Å². The summed E-state index contributed by atoms with van der Waals surface area (Å²) in [4.78, 5) is 5.03. The van der Waals surface area contributed by atoms with Gasteiger partial charge in [-0.15, -0.1) is 0 Å². The summed E-state index contributed by atoms with van der Waals surface area (Å²) < 4.78 is 17.7. The Hall–Kier alpha value is -2.08. The first-order valence-corrected chi connectivity index (χ1v) is 11.1. The summed E-state index contributed by atoms with van der Waals surface area (Å²) >= 11 is 0. The van der Waals surface area contributed by atoms with Crippen LogP contribution in [0.15, 0.2) is 48.5 Å². The van der Waals surface area contributed by atoms with Crippen LogP contribution in [0, 0.1) is 0 Å². The lowest BCUT2D eigenvalue weighted by Gasteiger charge is -2.43. The van der Waals surface area contributed by atoms with Gasteiger partial charge in [-0.3, -0.25) is 4.90 Å². The van der Waals surface area contributed by atoms with Crippen LogP contribution in [0.1, 0.15) is 30.9 Å². The molecule has 1 spiro atoms. The SMILES string of the molecule is CCOc1cccc(CN2Cc3ccccc3OC3(CCN(CCOC)CC3)C2)c1. The lowest BCUT2D eigenvalue weighted by Crippen LogP contribution is -2.53. The highest BCUT2D eigenvalue weighted by Crippen LogP contribution is 2.36. The predicted molar refractivity (Wildman–Crippen MR) is 119 cm³/mol. The number of benzene rings is 2. The number of likely N-dealkylation sites (tertiary alicyclic amines) is 1. The average Bonchev–Trinajstić information content (AvgIpc) is 2.90. The van der Waals surface area contributed by atoms with Gasteiger partial charge in [-0.25, -0.2) is 0 Å². The standard InChI is InChI=1S/C25H34N2O3/c1-3-29-23-9-6-7-21(17-23)18-27-19-22-8-4-5-10-24(22)30-25(20-27)11-13-26(14-12-25)15-16-28-2/h4-10,17H,3,11-16,18-20H2,1-2H3. The summed E-state index contributed by atoms with van der Waals surface area (Å²) in [5, 5.41) is 0. The second-order valence-electron chi connectivity index (χ2n) is 8.45. The van der Waals surface area contributed by atoms with Crippen molar-refractivity contribution in [3.63, 3.8) is 0 Å². The predicted octanol–water partition coefficient (Wildman–Crippen LogP) is 3.96. The quantitative estimate of drug-likeness (QED) is 0.690. The molecule has 0 N–H and O–H groups in total. The van der Waals surface area contributed by atoms with Gasteiger partial charge in [-0.2, -0.15) is 0 Å². The highest BCUT2D eigenvalue weighted by Gasteiger charge is 2.40. The maximum atomic E-state index is 6.74. The van der Waals surface area contributed by atoms with E-state index in [1.165, 1.54) is 11.1 Å². The molecule has 0 bridgehead atoms. The van der Waals surface area contributed by atoms with E-state index in [1.54, 1.807) is 7.11 Å². The molecule has 2 aromatic carbocycles. The average molecular weight is 411 g/mol. The molecule has 1 fully saturated rings. The number of fused-ring (bicyclic) bond motifs is 1. The number of nitrogens with zero attached hydrogens (tertiary/aromatic N) is 2. The van der Waals surface area contributed by atoms with Gasteiger partial charge in [0.15, 0.2) is 0 Å². The monoisotopic (exact) mass is 410 g/mol. The van der Waals surface area contributed by atoms with Crippen molar-refractivity contribution in [1.82, 2.24) is 9.80 Å². The largest absolute Gasteiger partial charge is 0.494 e. The Kier molecular flexibility index (Phi) is 6.93. The van der Waals surface area contributed by atoms with E-state index < -0.39 is 0 Å². The van der Waals surface area contributed by atoms with E-state index in [0.29, 0.717) is 6.61 Å². The van der Waals surface area contributed by atoms with Crippen LogP contribution in [0.4, 0.5) is 0 Å². The Balaban J connectivity index is 1.52. The minimum absolute atomic E-state index is 0.131. The Bertz CT molecular complexity index is 818. The van der Waals surface area contributed by atoms with Gasteiger partial charge in [0.1, 0.15) is 17.1 Å². The van der Waals surface area contributed by atoms with Gasteiger partial charge in [-0.1, -0.05) is 30.3 Å². The molecule has 1 saturated heterocycles. The third kappa shape index (κ3) is 5.15. The molecule has 0 saturated carbocycles. The second-order valence-corrected chi connectivity index (χ2v) is 8.45. The van der Waals surface area contributed by atoms with Crippen LogP contribution in [0.3, 0.4) is 0 Å². The first kappa shape index (κ1) is 21.2. The zero-order valence-corrected chi connectivity index (χ0v) is 18.3. The lowest BCUT2D eigenvalue weighted by molar-refractivity contribution is -0.0233. The maximum Gasteiger partial charge on any atom is 0.124 e. The zero-order chi connectivity index (χ0) is 20.8. The molecule has 0 unspecified atom stereocenters. The number of rotatable bonds is 7. The third-order valence-corrected chi connectivity index (χ3v) is 6.20. The second kappa shape index (κ2) is 9.82. The topological polar surface area (TPSA) is 34.2 Å². The summed E-state index contributed by atoms with van der Waals surface area (Å²) in [5.74, 6) is 2.00. The molecule has 0 radical (unpaired) electrons. The van der Waals surface area contributed by atoms with E-state index in [-0.39, 0.29) is 5.60 Å². The molecule has 0 aromatic heterocycles. The first-order valence-electron chi connectivity index (χ1n) is 11.1. The molecular weight excluding hydrogens is 376 g/mol. The lowest BCUT2D eigenvalue weighted by atomic mass is 9.90. The summed E-state index contributed by atoms with van der Waals surface area (Å²) in [6, 6.07) is 17.0. The number of para-hydroxylation sites is 1. The number of hydrogen-bond acceptors (Lipinski definition) is 5. The molecule has 0 aliphatic carbocycles. The minimum Gasteiger partial charge on any atom is -0.494 e. The van der Waals surface area contributed by atoms with Crippen molar-refractivity contribution in [2.45, 2.75) is 38.5 Å². The number of hydrogen-bond donors (Lipinski definition) is 0. The van der Waals surface area contributed by atoms with Gasteiger partial charge in [0.2, 0.25) is 0 Å². The molecule has 2 aliphatic rings. The first-order chi connectivity index (χ1) is 14.7. The fourth-order valence-corrected chi connectivity index (χ4v) is 4.64. The molecular formula is C25H34N2O3. The van der Waals surface area contributed by atoms with Crippen LogP contribution >= 0.6 is 0 Å². The highest BCUT2D eigenvalue weighted by molar-refractivity contribution is 5.35. The van der Waals surface area contributed by atoms with Crippen LogP contribution in [-0.4, -0.2) is 61.9 Å². The number of ether oxygens (including phenoxy) is 3. The van der Waals surface area contributed by atoms with E-state index in [1.807, 2.05) is 13.0 Å². The van der Waals surface area contributed by atoms with Crippen LogP contribution < -0.4 is 9.47 Å². The van der Waals surface area contributed by atoms with E-state index in [0.717, 1.165) is 70.2 Å². The molecule has 2 aromatic rings. The Morgan fingerprint density at radius 1 is 1.03 bits per heavy atom. The molecule has 0 amide bonds. The van der Waals surface area contributed by atoms with Crippen LogP contribution in [0.5, 0.6) is 11.5 Å². The van der Waals surface area contributed by atoms with E-state index in [2.05, 4.69) is 52.3 Å². The fraction of sp³-hybridized carbons (Fsp3) is 0.520. The van der Waals surface area contributed by atoms with Gasteiger partial charge >= 0.3 is 0 Å². The van der Waals surface area contributed by atoms with Crippen LogP contribution in [-0.2, 0) is 17.8 Å². The number of piperidine rings is 1. The smallest absolute Gasteiger partial charge is 0.124 e. The van der Waals surface area contributed by atoms with Crippen molar-refractivity contribution in [2.75, 3.05) is 46.5 Å². The molecule has 2 aliphatic heterocycles. The Morgan fingerprint density at radius 3 is 2.67 bits per heavy atom. The normalized spacial score (nSPS) is 19.1. The van der Waals surface area contributed by atoms with Gasteiger partial charge in [-0.05, 0) is 30.7 Å². The molecule has 2 heterocycles. The summed E-state index contributed by atoms with van der Waals surface area (Å²) in [7, 11) is 1.77. The molecule has 4 rings (SSSR count). The molecule has 5 heteroatoms. The summed E-state index contributed by atoms with van der Waals surface area (Å²) in [6.07, 6.45) is 2.08. The third-order valence-electron chi connectivity index (χ3n) is 6.20. The van der Waals surface area contributed by atoms with E-state index in [9.17, 15) is 0 Å². The van der Waals surface area contributed by atoms with E-state index in [4.69, 9.17) is 14.2 Å². The van der Waals surface area contributed by atoms with Crippen molar-refractivity contribution in [2.24, 2.45) is 0 Å².